The largest absolute Gasteiger partial charge is 0.481 e. The van der Waals surface area contributed by atoms with Crippen molar-refractivity contribution >= 4 is 40.4 Å². The molecule has 3 nitrogen and oxygen atoms in total. The van der Waals surface area contributed by atoms with Crippen molar-refractivity contribution in [2.24, 2.45) is 0 Å². The maximum Gasteiger partial charge on any atom is 0.304 e. The molecular weight excluding hydrogens is 274 g/mol. The predicted molar refractivity (Wildman–Crippen MR) is 73.8 cm³/mol. The number of aliphatic carboxylic acids is 1. The van der Waals surface area contributed by atoms with Crippen molar-refractivity contribution in [3.05, 3.63) is 27.9 Å². The number of thiophene rings is 1. The molecule has 2 aromatic heterocycles. The van der Waals surface area contributed by atoms with Gasteiger partial charge in [0.15, 0.2) is 0 Å². The molecule has 2 heterocycles. The van der Waals surface area contributed by atoms with Gasteiger partial charge in [0.25, 0.3) is 0 Å². The van der Waals surface area contributed by atoms with Crippen molar-refractivity contribution in [3.63, 3.8) is 0 Å². The summed E-state index contributed by atoms with van der Waals surface area (Å²) in [5, 5.41) is 15.7. The molecule has 17 heavy (non-hydrogen) atoms. The van der Waals surface area contributed by atoms with Crippen molar-refractivity contribution in [1.82, 2.24) is 4.98 Å². The Labute approximate surface area is 112 Å². The van der Waals surface area contributed by atoms with Gasteiger partial charge in [-0.1, -0.05) is 0 Å². The fourth-order valence-electron chi connectivity index (χ4n) is 1.23. The SMILES string of the molecule is O=C(O)CCSCc1csc(-c2ccsc2)n1. The Morgan fingerprint density at radius 1 is 1.47 bits per heavy atom. The van der Waals surface area contributed by atoms with Crippen LogP contribution in [0.3, 0.4) is 0 Å². The smallest absolute Gasteiger partial charge is 0.304 e. The van der Waals surface area contributed by atoms with E-state index in [1.54, 1.807) is 34.4 Å². The second-order valence-corrected chi connectivity index (χ2v) is 6.10. The maximum atomic E-state index is 10.3. The molecule has 2 aromatic rings. The number of thiazole rings is 1. The normalized spacial score (nSPS) is 10.6. The van der Waals surface area contributed by atoms with Gasteiger partial charge in [-0.2, -0.15) is 23.1 Å². The van der Waals surface area contributed by atoms with Gasteiger partial charge in [0.2, 0.25) is 0 Å². The third-order valence-electron chi connectivity index (χ3n) is 2.03. The van der Waals surface area contributed by atoms with Crippen molar-refractivity contribution in [1.29, 1.82) is 0 Å². The van der Waals surface area contributed by atoms with E-state index < -0.39 is 5.97 Å². The Bertz CT molecular complexity index is 479. The van der Waals surface area contributed by atoms with Crippen molar-refractivity contribution in [2.75, 3.05) is 5.75 Å². The minimum absolute atomic E-state index is 0.214. The van der Waals surface area contributed by atoms with E-state index in [1.165, 1.54) is 5.56 Å². The molecule has 0 amide bonds. The molecule has 0 saturated carbocycles. The second-order valence-electron chi connectivity index (χ2n) is 3.35. The van der Waals surface area contributed by atoms with Gasteiger partial charge in [-0.15, -0.1) is 11.3 Å². The summed E-state index contributed by atoms with van der Waals surface area (Å²) in [5.41, 5.74) is 2.20. The summed E-state index contributed by atoms with van der Waals surface area (Å²) in [7, 11) is 0. The summed E-state index contributed by atoms with van der Waals surface area (Å²) in [4.78, 5) is 14.9. The number of carbonyl (C=O) groups is 1. The van der Waals surface area contributed by atoms with Crippen LogP contribution in [0.5, 0.6) is 0 Å². The van der Waals surface area contributed by atoms with Crippen LogP contribution < -0.4 is 0 Å². The van der Waals surface area contributed by atoms with Crippen LogP contribution in [0.15, 0.2) is 22.2 Å². The topological polar surface area (TPSA) is 50.2 Å². The number of hydrogen-bond acceptors (Lipinski definition) is 5. The van der Waals surface area contributed by atoms with E-state index in [0.717, 1.165) is 16.5 Å². The lowest BCUT2D eigenvalue weighted by molar-refractivity contribution is -0.136. The lowest BCUT2D eigenvalue weighted by Crippen LogP contribution is -1.96. The van der Waals surface area contributed by atoms with Crippen LogP contribution in [0.2, 0.25) is 0 Å². The zero-order chi connectivity index (χ0) is 12.1. The van der Waals surface area contributed by atoms with Crippen molar-refractivity contribution < 1.29 is 9.90 Å². The molecule has 0 fully saturated rings. The van der Waals surface area contributed by atoms with Gasteiger partial charge in [-0.05, 0) is 11.4 Å². The Kier molecular flexibility index (Phi) is 4.58. The van der Waals surface area contributed by atoms with E-state index in [4.69, 9.17) is 5.11 Å². The van der Waals surface area contributed by atoms with Crippen molar-refractivity contribution in [2.45, 2.75) is 12.2 Å². The minimum atomic E-state index is -0.741. The van der Waals surface area contributed by atoms with E-state index in [-0.39, 0.29) is 6.42 Å². The van der Waals surface area contributed by atoms with E-state index in [2.05, 4.69) is 16.4 Å². The van der Waals surface area contributed by atoms with Crippen LogP contribution in [0.1, 0.15) is 12.1 Å². The van der Waals surface area contributed by atoms with E-state index in [1.807, 2.05) is 10.8 Å². The monoisotopic (exact) mass is 285 g/mol. The summed E-state index contributed by atoms with van der Waals surface area (Å²) in [5.74, 6) is 0.684. The average Bonchev–Trinajstić information content (AvgIpc) is 2.94. The molecule has 0 spiro atoms. The van der Waals surface area contributed by atoms with Gasteiger partial charge < -0.3 is 5.11 Å². The molecule has 0 atom stereocenters. The highest BCUT2D eigenvalue weighted by molar-refractivity contribution is 7.98. The average molecular weight is 285 g/mol. The van der Waals surface area contributed by atoms with Crippen LogP contribution in [0.4, 0.5) is 0 Å². The van der Waals surface area contributed by atoms with Crippen LogP contribution >= 0.6 is 34.4 Å². The first-order valence-corrected chi connectivity index (χ1v) is 8.00. The molecule has 6 heteroatoms. The number of carboxylic acids is 1. The van der Waals surface area contributed by atoms with Crippen LogP contribution in [0.25, 0.3) is 10.6 Å². The molecule has 0 radical (unpaired) electrons. The van der Waals surface area contributed by atoms with Gasteiger partial charge in [0, 0.05) is 27.8 Å². The number of nitrogens with zero attached hydrogens (tertiary/aromatic N) is 1. The first-order valence-electron chi connectivity index (χ1n) is 5.02. The molecule has 0 bridgehead atoms. The summed E-state index contributed by atoms with van der Waals surface area (Å²) in [6.07, 6.45) is 0.214. The molecule has 0 aliphatic rings. The van der Waals surface area contributed by atoms with E-state index in [9.17, 15) is 4.79 Å². The maximum absolute atomic E-state index is 10.3. The molecule has 0 aromatic carbocycles. The third-order valence-corrected chi connectivity index (χ3v) is 4.65. The Morgan fingerprint density at radius 3 is 3.06 bits per heavy atom. The summed E-state index contributed by atoms with van der Waals surface area (Å²) < 4.78 is 0. The van der Waals surface area contributed by atoms with Gasteiger partial charge in [-0.3, -0.25) is 4.79 Å². The zero-order valence-electron chi connectivity index (χ0n) is 8.96. The zero-order valence-corrected chi connectivity index (χ0v) is 11.4. The standard InChI is InChI=1S/C11H11NO2S3/c13-10(14)2-4-16-6-9-7-17-11(12-9)8-1-3-15-5-8/h1,3,5,7H,2,4,6H2,(H,13,14). The van der Waals surface area contributed by atoms with Gasteiger partial charge in [-0.25, -0.2) is 4.98 Å². The number of carboxylic acid groups (broad SMARTS) is 1. The summed E-state index contributed by atoms with van der Waals surface area (Å²) in [6.45, 7) is 0. The summed E-state index contributed by atoms with van der Waals surface area (Å²) >= 11 is 4.91. The highest BCUT2D eigenvalue weighted by Gasteiger charge is 2.05. The highest BCUT2D eigenvalue weighted by atomic mass is 32.2. The van der Waals surface area contributed by atoms with Crippen LogP contribution in [-0.2, 0) is 10.5 Å². The van der Waals surface area contributed by atoms with Gasteiger partial charge in [0.05, 0.1) is 12.1 Å². The van der Waals surface area contributed by atoms with Gasteiger partial charge >= 0.3 is 5.97 Å². The molecule has 2 rings (SSSR count). The fraction of sp³-hybridized carbons (Fsp3) is 0.273. The van der Waals surface area contributed by atoms with E-state index >= 15 is 0 Å². The molecule has 1 N–H and O–H groups in total. The minimum Gasteiger partial charge on any atom is -0.481 e. The third kappa shape index (κ3) is 3.83. The lowest BCUT2D eigenvalue weighted by Gasteiger charge is -1.95. The van der Waals surface area contributed by atoms with E-state index in [0.29, 0.717) is 5.75 Å². The number of thioether (sulfide) groups is 1. The lowest BCUT2D eigenvalue weighted by atomic mass is 10.4. The van der Waals surface area contributed by atoms with Crippen molar-refractivity contribution in [3.8, 4) is 10.6 Å². The molecular formula is C11H11NO2S3. The number of rotatable bonds is 6. The fourth-order valence-corrected chi connectivity index (χ4v) is 3.69. The number of aromatic nitrogens is 1. The Hall–Kier alpha value is -0.850. The highest BCUT2D eigenvalue weighted by Crippen LogP contribution is 2.27. The number of hydrogen-bond donors (Lipinski definition) is 1. The molecule has 90 valence electrons. The predicted octanol–water partition coefficient (Wildman–Crippen LogP) is 3.58. The van der Waals surface area contributed by atoms with Crippen LogP contribution in [-0.4, -0.2) is 21.8 Å². The summed E-state index contributed by atoms with van der Waals surface area (Å²) in [6, 6.07) is 2.06. The molecule has 0 unspecified atom stereocenters. The first kappa shape index (κ1) is 12.6. The van der Waals surface area contributed by atoms with Crippen LogP contribution in [0, 0.1) is 0 Å². The molecule has 0 saturated heterocycles. The molecule has 0 aliphatic heterocycles. The second kappa shape index (κ2) is 6.18. The van der Waals surface area contributed by atoms with Gasteiger partial charge in [0.1, 0.15) is 5.01 Å². The Balaban J connectivity index is 1.84. The first-order chi connectivity index (χ1) is 8.25. The quantitative estimate of drug-likeness (QED) is 0.824. The molecule has 0 aliphatic carbocycles. The Morgan fingerprint density at radius 2 is 2.35 bits per heavy atom.